The van der Waals surface area contributed by atoms with Gasteiger partial charge in [0.15, 0.2) is 0 Å². The van der Waals surface area contributed by atoms with Crippen LogP contribution in [0.4, 0.5) is 27.3 Å². The Labute approximate surface area is 172 Å². The molecule has 0 unspecified atom stereocenters. The van der Waals surface area contributed by atoms with E-state index in [9.17, 15) is 14.5 Å². The smallest absolute Gasteiger partial charge is 0.304 e. The molecular weight excluding hydrogens is 387 g/mol. The van der Waals surface area contributed by atoms with Crippen molar-refractivity contribution in [3.63, 3.8) is 0 Å². The van der Waals surface area contributed by atoms with Crippen LogP contribution in [0.3, 0.4) is 0 Å². The van der Waals surface area contributed by atoms with Crippen LogP contribution in [0.2, 0.25) is 0 Å². The molecule has 0 atom stereocenters. The van der Waals surface area contributed by atoms with Gasteiger partial charge in [-0.15, -0.1) is 0 Å². The van der Waals surface area contributed by atoms with Crippen LogP contribution < -0.4 is 10.6 Å². The fourth-order valence-electron chi connectivity index (χ4n) is 3.64. The Hall–Kier alpha value is -3.62. The molecule has 3 aromatic rings. The lowest BCUT2D eigenvalue weighted by Gasteiger charge is -2.23. The lowest BCUT2D eigenvalue weighted by Crippen LogP contribution is -2.22. The number of hydrogen-bond donors (Lipinski definition) is 2. The lowest BCUT2D eigenvalue weighted by atomic mass is 9.95. The number of aromatic nitrogens is 3. The van der Waals surface area contributed by atoms with Crippen LogP contribution in [0.5, 0.6) is 0 Å². The van der Waals surface area contributed by atoms with E-state index in [1.54, 1.807) is 18.5 Å². The summed E-state index contributed by atoms with van der Waals surface area (Å²) >= 11 is 0. The summed E-state index contributed by atoms with van der Waals surface area (Å²) in [7, 11) is 0. The molecule has 4 rings (SSSR count). The molecule has 1 aliphatic rings. The molecule has 0 radical (unpaired) electrons. The standard InChI is InChI=1S/C21H21FN6O2/c22-17-10-15(6-7-20(17)28(29)30)26-18-8-9-23-12-16(18)19-11-21(25-13-24-19)27-14-4-2-1-3-5-14/h6-14H,1-5H2,(H,23,26)(H,24,25,27). The highest BCUT2D eigenvalue weighted by molar-refractivity contribution is 5.79. The molecule has 0 spiro atoms. The van der Waals surface area contributed by atoms with Crippen LogP contribution in [-0.2, 0) is 0 Å². The number of nitro groups is 1. The first-order valence-corrected chi connectivity index (χ1v) is 9.84. The molecule has 0 amide bonds. The average Bonchev–Trinajstić information content (AvgIpc) is 2.75. The molecule has 1 saturated carbocycles. The van der Waals surface area contributed by atoms with E-state index in [-0.39, 0.29) is 0 Å². The number of nitrogens with zero attached hydrogens (tertiary/aromatic N) is 4. The molecule has 154 valence electrons. The summed E-state index contributed by atoms with van der Waals surface area (Å²) in [6.45, 7) is 0. The highest BCUT2D eigenvalue weighted by Gasteiger charge is 2.16. The predicted molar refractivity (Wildman–Crippen MR) is 112 cm³/mol. The van der Waals surface area contributed by atoms with E-state index in [0.29, 0.717) is 28.7 Å². The number of benzene rings is 1. The second-order valence-electron chi connectivity index (χ2n) is 7.24. The van der Waals surface area contributed by atoms with Gasteiger partial charge >= 0.3 is 5.69 Å². The summed E-state index contributed by atoms with van der Waals surface area (Å²) in [4.78, 5) is 22.9. The number of anilines is 3. The third kappa shape index (κ3) is 4.51. The van der Waals surface area contributed by atoms with Crippen molar-refractivity contribution in [2.24, 2.45) is 0 Å². The first kappa shape index (κ1) is 19.7. The van der Waals surface area contributed by atoms with Crippen molar-refractivity contribution in [3.8, 4) is 11.3 Å². The first-order valence-electron chi connectivity index (χ1n) is 9.84. The van der Waals surface area contributed by atoms with Crippen molar-refractivity contribution < 1.29 is 9.31 Å². The minimum absolute atomic E-state index is 0.389. The zero-order chi connectivity index (χ0) is 20.9. The van der Waals surface area contributed by atoms with Gasteiger partial charge in [-0.2, -0.15) is 4.39 Å². The minimum atomic E-state index is -0.901. The average molecular weight is 408 g/mol. The highest BCUT2D eigenvalue weighted by Crippen LogP contribution is 2.31. The Kier molecular flexibility index (Phi) is 5.78. The fraction of sp³-hybridized carbons (Fsp3) is 0.286. The van der Waals surface area contributed by atoms with Crippen LogP contribution in [0, 0.1) is 15.9 Å². The van der Waals surface area contributed by atoms with Crippen molar-refractivity contribution in [1.29, 1.82) is 0 Å². The second-order valence-corrected chi connectivity index (χ2v) is 7.24. The lowest BCUT2D eigenvalue weighted by molar-refractivity contribution is -0.387. The van der Waals surface area contributed by atoms with Gasteiger partial charge in [0, 0.05) is 47.9 Å². The molecule has 2 N–H and O–H groups in total. The van der Waals surface area contributed by atoms with Crippen molar-refractivity contribution in [1.82, 2.24) is 15.0 Å². The number of nitrogens with one attached hydrogen (secondary N) is 2. The highest BCUT2D eigenvalue weighted by atomic mass is 19.1. The maximum absolute atomic E-state index is 14.0. The predicted octanol–water partition coefficient (Wildman–Crippen LogP) is 5.07. The van der Waals surface area contributed by atoms with Gasteiger partial charge in [0.05, 0.1) is 16.3 Å². The van der Waals surface area contributed by atoms with E-state index < -0.39 is 16.4 Å². The number of pyridine rings is 1. The minimum Gasteiger partial charge on any atom is -0.367 e. The summed E-state index contributed by atoms with van der Waals surface area (Å²) in [5.74, 6) is -0.148. The Morgan fingerprint density at radius 1 is 1.10 bits per heavy atom. The maximum Gasteiger partial charge on any atom is 0.304 e. The summed E-state index contributed by atoms with van der Waals surface area (Å²) in [6, 6.07) is 7.71. The zero-order valence-corrected chi connectivity index (χ0v) is 16.2. The third-order valence-electron chi connectivity index (χ3n) is 5.14. The second kappa shape index (κ2) is 8.81. The SMILES string of the molecule is O=[N+]([O-])c1ccc(Nc2ccncc2-c2cc(NC3CCCCC3)ncn2)cc1F. The Balaban J connectivity index is 1.58. The Morgan fingerprint density at radius 2 is 1.93 bits per heavy atom. The van der Waals surface area contributed by atoms with E-state index in [1.165, 1.54) is 31.7 Å². The van der Waals surface area contributed by atoms with Crippen molar-refractivity contribution in [3.05, 3.63) is 65.0 Å². The molecule has 1 fully saturated rings. The summed E-state index contributed by atoms with van der Waals surface area (Å²) < 4.78 is 14.0. The van der Waals surface area contributed by atoms with E-state index >= 15 is 0 Å². The monoisotopic (exact) mass is 408 g/mol. The van der Waals surface area contributed by atoms with Crippen molar-refractivity contribution in [2.75, 3.05) is 10.6 Å². The van der Waals surface area contributed by atoms with Gasteiger partial charge in [0.25, 0.3) is 0 Å². The summed E-state index contributed by atoms with van der Waals surface area (Å²) in [6.07, 6.45) is 10.8. The van der Waals surface area contributed by atoms with E-state index in [0.717, 1.165) is 30.8 Å². The first-order chi connectivity index (χ1) is 14.6. The molecule has 2 heterocycles. The van der Waals surface area contributed by atoms with Gasteiger partial charge in [-0.05, 0) is 25.0 Å². The van der Waals surface area contributed by atoms with Gasteiger partial charge in [-0.1, -0.05) is 19.3 Å². The maximum atomic E-state index is 14.0. The zero-order valence-electron chi connectivity index (χ0n) is 16.2. The quantitative estimate of drug-likeness (QED) is 0.433. The van der Waals surface area contributed by atoms with Crippen LogP contribution in [0.25, 0.3) is 11.3 Å². The molecule has 1 aromatic carbocycles. The van der Waals surface area contributed by atoms with Gasteiger partial charge in [-0.3, -0.25) is 15.1 Å². The van der Waals surface area contributed by atoms with E-state index in [4.69, 9.17) is 0 Å². The topological polar surface area (TPSA) is 106 Å². The molecule has 2 aromatic heterocycles. The molecule has 0 aliphatic heterocycles. The van der Waals surface area contributed by atoms with Gasteiger partial charge in [-0.25, -0.2) is 9.97 Å². The molecule has 0 bridgehead atoms. The summed E-state index contributed by atoms with van der Waals surface area (Å²) in [5.41, 5.74) is 1.86. The van der Waals surface area contributed by atoms with Crippen molar-refractivity contribution in [2.45, 2.75) is 38.1 Å². The Bertz CT molecular complexity index is 1060. The van der Waals surface area contributed by atoms with Crippen molar-refractivity contribution >= 4 is 22.9 Å². The fourth-order valence-corrected chi connectivity index (χ4v) is 3.64. The molecule has 1 aliphatic carbocycles. The molecular formula is C21H21FN6O2. The van der Waals surface area contributed by atoms with Crippen LogP contribution in [-0.4, -0.2) is 25.9 Å². The molecule has 30 heavy (non-hydrogen) atoms. The number of hydrogen-bond acceptors (Lipinski definition) is 7. The third-order valence-corrected chi connectivity index (χ3v) is 5.14. The van der Waals surface area contributed by atoms with E-state index in [2.05, 4.69) is 25.6 Å². The molecule has 9 heteroatoms. The van der Waals surface area contributed by atoms with Crippen LogP contribution >= 0.6 is 0 Å². The van der Waals surface area contributed by atoms with Gasteiger partial charge in [0.2, 0.25) is 5.82 Å². The summed E-state index contributed by atoms with van der Waals surface area (Å²) in [5, 5.41) is 17.4. The van der Waals surface area contributed by atoms with Gasteiger partial charge in [0.1, 0.15) is 12.1 Å². The molecule has 8 nitrogen and oxygen atoms in total. The number of rotatable bonds is 6. The van der Waals surface area contributed by atoms with Crippen LogP contribution in [0.1, 0.15) is 32.1 Å². The van der Waals surface area contributed by atoms with E-state index in [1.807, 2.05) is 6.07 Å². The number of halogens is 1. The normalized spacial score (nSPS) is 14.3. The van der Waals surface area contributed by atoms with Crippen LogP contribution in [0.15, 0.2) is 49.1 Å². The molecule has 0 saturated heterocycles. The van der Waals surface area contributed by atoms with Gasteiger partial charge < -0.3 is 10.6 Å². The largest absolute Gasteiger partial charge is 0.367 e. The number of nitro benzene ring substituents is 1. The Morgan fingerprint density at radius 3 is 2.70 bits per heavy atom.